The molecule has 1 saturated heterocycles. The molecule has 160 valence electrons. The fourth-order valence-electron chi connectivity index (χ4n) is 3.60. The number of aldehydes is 1. The van der Waals surface area contributed by atoms with E-state index in [1.165, 1.54) is 0 Å². The fourth-order valence-corrected chi connectivity index (χ4v) is 3.60. The third kappa shape index (κ3) is 5.22. The minimum absolute atomic E-state index is 0.104. The number of aromatic amines is 1. The molecule has 9 heteroatoms. The number of aromatic nitrogens is 2. The van der Waals surface area contributed by atoms with Crippen LogP contribution in [0.2, 0.25) is 0 Å². The molecule has 9 nitrogen and oxygen atoms in total. The zero-order chi connectivity index (χ0) is 21.7. The van der Waals surface area contributed by atoms with E-state index in [9.17, 15) is 19.2 Å². The average molecular weight is 413 g/mol. The number of imidazole rings is 1. The summed E-state index contributed by atoms with van der Waals surface area (Å²) in [5.41, 5.74) is 1.38. The van der Waals surface area contributed by atoms with Gasteiger partial charge in [0, 0.05) is 12.5 Å². The highest BCUT2D eigenvalue weighted by Crippen LogP contribution is 2.16. The van der Waals surface area contributed by atoms with Crippen molar-refractivity contribution in [3.63, 3.8) is 0 Å². The number of H-pyrrole nitrogens is 1. The Balaban J connectivity index is 1.67. The van der Waals surface area contributed by atoms with E-state index in [-0.39, 0.29) is 30.0 Å². The molecule has 4 N–H and O–H groups in total. The second-order valence-electron chi connectivity index (χ2n) is 8.02. The predicted octanol–water partition coefficient (Wildman–Crippen LogP) is 0.917. The molecule has 1 aliphatic heterocycles. The summed E-state index contributed by atoms with van der Waals surface area (Å²) in [5, 5.41) is 8.11. The molecule has 0 aliphatic carbocycles. The molecular formula is C21H27N5O4. The Hall–Kier alpha value is -3.23. The quantitative estimate of drug-likeness (QED) is 0.454. The van der Waals surface area contributed by atoms with E-state index in [4.69, 9.17) is 0 Å². The Bertz CT molecular complexity index is 905. The molecule has 2 aromatic rings. The number of carbonyl (C=O) groups excluding carboxylic acids is 4. The number of fused-ring (bicyclic) bond motifs is 1. The van der Waals surface area contributed by atoms with Gasteiger partial charge in [0.05, 0.1) is 17.1 Å². The van der Waals surface area contributed by atoms with Crippen molar-refractivity contribution in [2.45, 2.75) is 45.2 Å². The van der Waals surface area contributed by atoms with Crippen molar-refractivity contribution in [2.75, 3.05) is 6.54 Å². The Labute approximate surface area is 174 Å². The van der Waals surface area contributed by atoms with Gasteiger partial charge in [-0.05, 0) is 37.3 Å². The number of rotatable bonds is 9. The van der Waals surface area contributed by atoms with E-state index >= 15 is 0 Å². The molecule has 3 rings (SSSR count). The first kappa shape index (κ1) is 21.5. The van der Waals surface area contributed by atoms with Crippen LogP contribution in [-0.4, -0.2) is 52.6 Å². The maximum atomic E-state index is 12.8. The van der Waals surface area contributed by atoms with Crippen LogP contribution in [0.5, 0.6) is 0 Å². The summed E-state index contributed by atoms with van der Waals surface area (Å²) in [5.74, 6) is -1.10. The van der Waals surface area contributed by atoms with Crippen LogP contribution >= 0.6 is 0 Å². The lowest BCUT2D eigenvalue weighted by Crippen LogP contribution is -2.51. The first-order chi connectivity index (χ1) is 14.4. The van der Waals surface area contributed by atoms with Gasteiger partial charge < -0.3 is 25.7 Å². The van der Waals surface area contributed by atoms with Crippen LogP contribution < -0.4 is 16.0 Å². The number of benzene rings is 1. The molecule has 1 aromatic carbocycles. The Kier molecular flexibility index (Phi) is 6.81. The molecule has 1 fully saturated rings. The first-order valence-corrected chi connectivity index (χ1v) is 10.2. The molecule has 0 saturated carbocycles. The van der Waals surface area contributed by atoms with E-state index in [1.807, 2.05) is 32.0 Å². The SMILES string of the molecule is CC(C)C[C@H](NC(=O)c1nc2ccccc2[nH]1)C(=O)N[C@H](C=O)C[C@@H]1CCNC1=O. The first-order valence-electron chi connectivity index (χ1n) is 10.2. The van der Waals surface area contributed by atoms with Crippen molar-refractivity contribution in [3.8, 4) is 0 Å². The van der Waals surface area contributed by atoms with E-state index in [0.717, 1.165) is 5.52 Å². The lowest BCUT2D eigenvalue weighted by molar-refractivity contribution is -0.127. The number of nitrogens with one attached hydrogen (secondary N) is 4. The number of carbonyl (C=O) groups is 4. The summed E-state index contributed by atoms with van der Waals surface area (Å²) < 4.78 is 0. The van der Waals surface area contributed by atoms with Gasteiger partial charge in [-0.15, -0.1) is 0 Å². The largest absolute Gasteiger partial charge is 0.356 e. The predicted molar refractivity (Wildman–Crippen MR) is 111 cm³/mol. The highest BCUT2D eigenvalue weighted by atomic mass is 16.2. The van der Waals surface area contributed by atoms with E-state index in [0.29, 0.717) is 31.2 Å². The summed E-state index contributed by atoms with van der Waals surface area (Å²) in [6.45, 7) is 4.45. The zero-order valence-electron chi connectivity index (χ0n) is 17.1. The van der Waals surface area contributed by atoms with Crippen molar-refractivity contribution < 1.29 is 19.2 Å². The minimum Gasteiger partial charge on any atom is -0.356 e. The summed E-state index contributed by atoms with van der Waals surface area (Å²) in [6.07, 6.45) is 1.91. The van der Waals surface area contributed by atoms with Gasteiger partial charge in [-0.1, -0.05) is 26.0 Å². The van der Waals surface area contributed by atoms with Crippen LogP contribution in [0.3, 0.4) is 0 Å². The maximum Gasteiger partial charge on any atom is 0.287 e. The van der Waals surface area contributed by atoms with E-state index in [1.54, 1.807) is 6.07 Å². The van der Waals surface area contributed by atoms with Crippen molar-refractivity contribution in [2.24, 2.45) is 11.8 Å². The topological polar surface area (TPSA) is 133 Å². The molecule has 0 radical (unpaired) electrons. The van der Waals surface area contributed by atoms with Gasteiger partial charge in [0.15, 0.2) is 5.82 Å². The van der Waals surface area contributed by atoms with Crippen LogP contribution in [0, 0.1) is 11.8 Å². The third-order valence-corrected chi connectivity index (χ3v) is 5.13. The third-order valence-electron chi connectivity index (χ3n) is 5.13. The molecular weight excluding hydrogens is 386 g/mol. The van der Waals surface area contributed by atoms with Gasteiger partial charge in [0.2, 0.25) is 11.8 Å². The second-order valence-corrected chi connectivity index (χ2v) is 8.02. The number of nitrogens with zero attached hydrogens (tertiary/aromatic N) is 1. The Morgan fingerprint density at radius 2 is 2.03 bits per heavy atom. The lowest BCUT2D eigenvalue weighted by Gasteiger charge is -2.22. The van der Waals surface area contributed by atoms with Gasteiger partial charge in [-0.25, -0.2) is 4.98 Å². The number of amides is 3. The van der Waals surface area contributed by atoms with Gasteiger partial charge in [0.1, 0.15) is 12.3 Å². The van der Waals surface area contributed by atoms with Crippen molar-refractivity contribution in [1.82, 2.24) is 25.9 Å². The molecule has 3 atom stereocenters. The van der Waals surface area contributed by atoms with Crippen molar-refractivity contribution >= 4 is 35.0 Å². The average Bonchev–Trinajstić information content (AvgIpc) is 3.32. The monoisotopic (exact) mass is 413 g/mol. The molecule has 0 unspecified atom stereocenters. The normalized spacial score (nSPS) is 18.1. The van der Waals surface area contributed by atoms with Crippen molar-refractivity contribution in [1.29, 1.82) is 0 Å². The smallest absolute Gasteiger partial charge is 0.287 e. The van der Waals surface area contributed by atoms with Crippen LogP contribution in [0.25, 0.3) is 11.0 Å². The number of para-hydroxylation sites is 2. The van der Waals surface area contributed by atoms with Crippen molar-refractivity contribution in [3.05, 3.63) is 30.1 Å². The van der Waals surface area contributed by atoms with Crippen LogP contribution in [-0.2, 0) is 14.4 Å². The molecule has 0 spiro atoms. The fraction of sp³-hybridized carbons (Fsp3) is 0.476. The van der Waals surface area contributed by atoms with Crippen LogP contribution in [0.4, 0.5) is 0 Å². The Morgan fingerprint density at radius 1 is 1.27 bits per heavy atom. The molecule has 0 bridgehead atoms. The summed E-state index contributed by atoms with van der Waals surface area (Å²) in [7, 11) is 0. The molecule has 3 amide bonds. The molecule has 1 aromatic heterocycles. The summed E-state index contributed by atoms with van der Waals surface area (Å²) in [4.78, 5) is 55.9. The second kappa shape index (κ2) is 9.51. The highest BCUT2D eigenvalue weighted by Gasteiger charge is 2.30. The van der Waals surface area contributed by atoms with Gasteiger partial charge in [0.25, 0.3) is 5.91 Å². The minimum atomic E-state index is -0.828. The van der Waals surface area contributed by atoms with Crippen LogP contribution in [0.15, 0.2) is 24.3 Å². The van der Waals surface area contributed by atoms with E-state index in [2.05, 4.69) is 25.9 Å². The van der Waals surface area contributed by atoms with Crippen LogP contribution in [0.1, 0.15) is 43.7 Å². The maximum absolute atomic E-state index is 12.8. The summed E-state index contributed by atoms with van der Waals surface area (Å²) in [6, 6.07) is 5.64. The highest BCUT2D eigenvalue weighted by molar-refractivity contribution is 5.97. The Morgan fingerprint density at radius 3 is 2.67 bits per heavy atom. The molecule has 2 heterocycles. The molecule has 30 heavy (non-hydrogen) atoms. The van der Waals surface area contributed by atoms with Gasteiger partial charge in [-0.3, -0.25) is 14.4 Å². The zero-order valence-corrected chi connectivity index (χ0v) is 17.1. The summed E-state index contributed by atoms with van der Waals surface area (Å²) >= 11 is 0. The molecule has 1 aliphatic rings. The number of hydrogen-bond donors (Lipinski definition) is 4. The lowest BCUT2D eigenvalue weighted by atomic mass is 9.98. The standard InChI is InChI=1S/C21H27N5O4/c1-12(2)9-17(20(29)23-14(11-27)10-13-7-8-22-19(13)28)26-21(30)18-24-15-5-3-4-6-16(15)25-18/h3-6,11-14,17H,7-10H2,1-2H3,(H,22,28)(H,23,29)(H,24,25)(H,26,30)/t13-,14-,17-/m0/s1. The van der Waals surface area contributed by atoms with Gasteiger partial charge >= 0.3 is 0 Å². The number of hydrogen-bond acceptors (Lipinski definition) is 5. The van der Waals surface area contributed by atoms with Gasteiger partial charge in [-0.2, -0.15) is 0 Å². The van der Waals surface area contributed by atoms with E-state index < -0.39 is 23.9 Å².